The number of hydrogen-bond donors (Lipinski definition) is 0. The molecular formula is C10H5BrF4N2OS2. The fourth-order valence-electron chi connectivity index (χ4n) is 1.25. The van der Waals surface area contributed by atoms with Crippen LogP contribution >= 0.6 is 39.0 Å². The molecule has 0 radical (unpaired) electrons. The van der Waals surface area contributed by atoms with Crippen molar-refractivity contribution in [1.82, 2.24) is 10.2 Å². The molecule has 20 heavy (non-hydrogen) atoms. The van der Waals surface area contributed by atoms with Crippen molar-refractivity contribution in [2.45, 2.75) is 15.1 Å². The van der Waals surface area contributed by atoms with Crippen LogP contribution in [0.4, 0.5) is 17.6 Å². The van der Waals surface area contributed by atoms with Crippen LogP contribution in [-0.2, 0) is 0 Å². The number of ether oxygens (including phenoxy) is 1. The molecule has 0 fully saturated rings. The molecule has 108 valence electrons. The Bertz CT molecular complexity index is 573. The topological polar surface area (TPSA) is 35.0 Å². The number of thioether (sulfide) groups is 1. The molecule has 0 bridgehead atoms. The first-order chi connectivity index (χ1) is 9.33. The molecule has 10 heteroatoms. The summed E-state index contributed by atoms with van der Waals surface area (Å²) in [6.07, 6.45) is 0. The van der Waals surface area contributed by atoms with Gasteiger partial charge in [0.05, 0.1) is 0 Å². The monoisotopic (exact) mass is 388 g/mol. The third-order valence-electron chi connectivity index (χ3n) is 1.94. The zero-order valence-corrected chi connectivity index (χ0v) is 12.6. The minimum atomic E-state index is -3.11. The molecule has 0 atom stereocenters. The SMILES string of the molecule is FC(F)Oc1ccc(-c2nnc(SC(F)(F)Br)s2)cc1. The Hall–Kier alpha value is -0.870. The van der Waals surface area contributed by atoms with E-state index in [4.69, 9.17) is 0 Å². The largest absolute Gasteiger partial charge is 0.435 e. The van der Waals surface area contributed by atoms with Crippen LogP contribution in [0.1, 0.15) is 0 Å². The van der Waals surface area contributed by atoms with E-state index < -0.39 is 10.8 Å². The second-order valence-corrected chi connectivity index (χ2v) is 7.18. The summed E-state index contributed by atoms with van der Waals surface area (Å²) in [5, 5.41) is 7.79. The molecule has 0 saturated carbocycles. The van der Waals surface area contributed by atoms with Gasteiger partial charge in [0, 0.05) is 21.5 Å². The predicted octanol–water partition coefficient (Wildman–Crippen LogP) is 4.84. The number of aromatic nitrogens is 2. The van der Waals surface area contributed by atoms with Crippen LogP contribution < -0.4 is 4.74 Å². The Morgan fingerprint density at radius 3 is 2.40 bits per heavy atom. The summed E-state index contributed by atoms with van der Waals surface area (Å²) >= 11 is 3.40. The van der Waals surface area contributed by atoms with Gasteiger partial charge in [0.25, 0.3) is 0 Å². The normalized spacial score (nSPS) is 11.9. The van der Waals surface area contributed by atoms with Crippen LogP contribution in [0.15, 0.2) is 28.6 Å². The summed E-state index contributed by atoms with van der Waals surface area (Å²) in [7, 11) is 0. The quantitative estimate of drug-likeness (QED) is 0.416. The van der Waals surface area contributed by atoms with Gasteiger partial charge < -0.3 is 4.74 Å². The van der Waals surface area contributed by atoms with Crippen LogP contribution in [0.25, 0.3) is 10.6 Å². The van der Waals surface area contributed by atoms with Crippen molar-refractivity contribution in [1.29, 1.82) is 0 Å². The number of alkyl halides is 5. The highest BCUT2D eigenvalue weighted by atomic mass is 79.9. The van der Waals surface area contributed by atoms with Gasteiger partial charge in [-0.25, -0.2) is 0 Å². The second-order valence-electron chi connectivity index (χ2n) is 3.32. The fourth-order valence-corrected chi connectivity index (χ4v) is 3.61. The van der Waals surface area contributed by atoms with Crippen molar-refractivity contribution < 1.29 is 22.3 Å². The molecule has 0 aliphatic heterocycles. The first kappa shape index (κ1) is 15.5. The van der Waals surface area contributed by atoms with Gasteiger partial charge in [-0.1, -0.05) is 11.3 Å². The maximum Gasteiger partial charge on any atom is 0.387 e. The average Bonchev–Trinajstić information content (AvgIpc) is 2.75. The van der Waals surface area contributed by atoms with Gasteiger partial charge in [0.15, 0.2) is 4.34 Å². The fraction of sp³-hybridized carbons (Fsp3) is 0.200. The molecule has 0 saturated heterocycles. The molecular weight excluding hydrogens is 384 g/mol. The molecule has 0 N–H and O–H groups in total. The molecule has 1 aromatic carbocycles. The Balaban J connectivity index is 2.12. The van der Waals surface area contributed by atoms with E-state index in [2.05, 4.69) is 30.9 Å². The van der Waals surface area contributed by atoms with E-state index in [0.29, 0.717) is 10.6 Å². The smallest absolute Gasteiger partial charge is 0.387 e. The lowest BCUT2D eigenvalue weighted by Crippen LogP contribution is -2.01. The van der Waals surface area contributed by atoms with Gasteiger partial charge >= 0.3 is 10.8 Å². The average molecular weight is 389 g/mol. The minimum Gasteiger partial charge on any atom is -0.435 e. The van der Waals surface area contributed by atoms with Crippen molar-refractivity contribution in [3.63, 3.8) is 0 Å². The Morgan fingerprint density at radius 1 is 1.20 bits per heavy atom. The van der Waals surface area contributed by atoms with Crippen LogP contribution in [0, 0.1) is 0 Å². The van der Waals surface area contributed by atoms with Crippen molar-refractivity contribution >= 4 is 39.0 Å². The van der Waals surface area contributed by atoms with E-state index in [-0.39, 0.29) is 21.9 Å². The van der Waals surface area contributed by atoms with E-state index in [9.17, 15) is 17.6 Å². The van der Waals surface area contributed by atoms with Gasteiger partial charge in [-0.05, 0) is 36.0 Å². The first-order valence-electron chi connectivity index (χ1n) is 4.98. The standard InChI is InChI=1S/C10H5BrF4N2OS2/c11-10(14,15)20-9-17-16-7(19-9)5-1-3-6(4-2-5)18-8(12)13/h1-4,8H. The molecule has 0 unspecified atom stereocenters. The maximum atomic E-state index is 12.7. The number of nitrogens with zero attached hydrogens (tertiary/aromatic N) is 2. The Labute approximate surface area is 127 Å². The maximum absolute atomic E-state index is 12.7. The summed E-state index contributed by atoms with van der Waals surface area (Å²) in [4.78, 5) is 0. The second kappa shape index (κ2) is 6.27. The molecule has 0 aliphatic rings. The number of benzene rings is 1. The number of rotatable bonds is 5. The Kier molecular flexibility index (Phi) is 4.86. The summed E-state index contributed by atoms with van der Waals surface area (Å²) in [6, 6.07) is 5.68. The van der Waals surface area contributed by atoms with Crippen LogP contribution in [0.2, 0.25) is 0 Å². The highest BCUT2D eigenvalue weighted by molar-refractivity contribution is 9.11. The van der Waals surface area contributed by atoms with Crippen molar-refractivity contribution in [3.8, 4) is 16.3 Å². The zero-order chi connectivity index (χ0) is 14.8. The molecule has 1 aromatic heterocycles. The summed E-state index contributed by atoms with van der Waals surface area (Å²) in [6.45, 7) is -2.90. The molecule has 0 aliphatic carbocycles. The summed E-state index contributed by atoms with van der Waals surface area (Å²) < 4.78 is 50.6. The lowest BCUT2D eigenvalue weighted by Gasteiger charge is -2.04. The summed E-state index contributed by atoms with van der Waals surface area (Å²) in [5.74, 6) is 0.00913. The van der Waals surface area contributed by atoms with E-state index in [1.165, 1.54) is 24.3 Å². The van der Waals surface area contributed by atoms with Gasteiger partial charge in [0.2, 0.25) is 0 Å². The molecule has 3 nitrogen and oxygen atoms in total. The van der Waals surface area contributed by atoms with E-state index >= 15 is 0 Å². The van der Waals surface area contributed by atoms with Gasteiger partial charge in [0.1, 0.15) is 10.8 Å². The molecule has 0 spiro atoms. The third-order valence-corrected chi connectivity index (χ3v) is 4.18. The lowest BCUT2D eigenvalue weighted by atomic mass is 10.2. The van der Waals surface area contributed by atoms with E-state index in [1.807, 2.05) is 0 Å². The Morgan fingerprint density at radius 2 is 1.85 bits per heavy atom. The zero-order valence-electron chi connectivity index (χ0n) is 9.40. The van der Waals surface area contributed by atoms with Crippen LogP contribution in [0.5, 0.6) is 5.75 Å². The van der Waals surface area contributed by atoms with Crippen molar-refractivity contribution in [3.05, 3.63) is 24.3 Å². The van der Waals surface area contributed by atoms with Gasteiger partial charge in [-0.15, -0.1) is 10.2 Å². The minimum absolute atomic E-state index is 0.00913. The van der Waals surface area contributed by atoms with Gasteiger partial charge in [-0.2, -0.15) is 17.6 Å². The molecule has 2 rings (SSSR count). The number of halogens is 5. The molecule has 2 aromatic rings. The molecule has 1 heterocycles. The van der Waals surface area contributed by atoms with E-state index in [0.717, 1.165) is 11.3 Å². The van der Waals surface area contributed by atoms with Crippen LogP contribution in [-0.4, -0.2) is 21.0 Å². The third kappa shape index (κ3) is 4.60. The lowest BCUT2D eigenvalue weighted by molar-refractivity contribution is -0.0498. The van der Waals surface area contributed by atoms with Crippen molar-refractivity contribution in [2.24, 2.45) is 0 Å². The highest BCUT2D eigenvalue weighted by Crippen LogP contribution is 2.42. The van der Waals surface area contributed by atoms with Gasteiger partial charge in [-0.3, -0.25) is 0 Å². The highest BCUT2D eigenvalue weighted by Gasteiger charge is 2.28. The first-order valence-corrected chi connectivity index (χ1v) is 7.40. The summed E-state index contributed by atoms with van der Waals surface area (Å²) in [5.41, 5.74) is 0.578. The predicted molar refractivity (Wildman–Crippen MR) is 71.7 cm³/mol. The number of hydrogen-bond acceptors (Lipinski definition) is 5. The van der Waals surface area contributed by atoms with Crippen molar-refractivity contribution in [2.75, 3.05) is 0 Å². The van der Waals surface area contributed by atoms with Crippen LogP contribution in [0.3, 0.4) is 0 Å². The molecule has 0 amide bonds. The van der Waals surface area contributed by atoms with E-state index in [1.54, 1.807) is 0 Å².